The van der Waals surface area contributed by atoms with Crippen LogP contribution >= 0.6 is 12.2 Å². The van der Waals surface area contributed by atoms with Crippen LogP contribution in [0.5, 0.6) is 5.75 Å². The molecule has 0 atom stereocenters. The highest BCUT2D eigenvalue weighted by Gasteiger charge is 2.21. The second kappa shape index (κ2) is 10.2. The standard InChI is InChI=1S/C22H35N3OS/c1-6-25(5)12-11-19-13-17(4)20(14-16(19)3)26-22(27)24-21(23)18-9-7-15(2)8-10-18/h13-15,18H,6-12H2,1-5H3,(H2,23,24,27). The molecule has 0 amide bonds. The summed E-state index contributed by atoms with van der Waals surface area (Å²) in [5, 5.41) is 0.215. The minimum Gasteiger partial charge on any atom is -0.430 e. The lowest BCUT2D eigenvalue weighted by atomic mass is 9.82. The van der Waals surface area contributed by atoms with Crippen LogP contribution in [0.3, 0.4) is 0 Å². The molecule has 0 radical (unpaired) electrons. The van der Waals surface area contributed by atoms with Crippen molar-refractivity contribution in [2.45, 2.75) is 59.8 Å². The van der Waals surface area contributed by atoms with Gasteiger partial charge in [-0.25, -0.2) is 0 Å². The van der Waals surface area contributed by atoms with Gasteiger partial charge in [-0.3, -0.25) is 0 Å². The van der Waals surface area contributed by atoms with E-state index in [1.54, 1.807) is 0 Å². The van der Waals surface area contributed by atoms with E-state index in [1.807, 2.05) is 0 Å². The first-order valence-corrected chi connectivity index (χ1v) is 10.6. The van der Waals surface area contributed by atoms with E-state index >= 15 is 0 Å². The summed E-state index contributed by atoms with van der Waals surface area (Å²) in [4.78, 5) is 6.70. The highest BCUT2D eigenvalue weighted by atomic mass is 32.1. The first kappa shape index (κ1) is 21.8. The summed E-state index contributed by atoms with van der Waals surface area (Å²) in [7, 11) is 2.15. The molecule has 27 heavy (non-hydrogen) atoms. The van der Waals surface area contributed by atoms with Crippen LogP contribution in [0.25, 0.3) is 0 Å². The predicted octanol–water partition coefficient (Wildman–Crippen LogP) is 4.64. The molecule has 4 nitrogen and oxygen atoms in total. The van der Waals surface area contributed by atoms with Crippen LogP contribution in [-0.2, 0) is 6.42 Å². The first-order chi connectivity index (χ1) is 12.8. The molecule has 150 valence electrons. The van der Waals surface area contributed by atoms with Crippen LogP contribution in [0, 0.1) is 25.7 Å². The van der Waals surface area contributed by atoms with Crippen molar-refractivity contribution in [1.29, 1.82) is 0 Å². The molecule has 1 aromatic rings. The van der Waals surface area contributed by atoms with Crippen LogP contribution < -0.4 is 10.5 Å². The molecule has 0 unspecified atom stereocenters. The molecular formula is C22H35N3OS. The number of benzene rings is 1. The molecule has 1 aliphatic carbocycles. The minimum absolute atomic E-state index is 0.215. The van der Waals surface area contributed by atoms with Crippen LogP contribution in [-0.4, -0.2) is 36.0 Å². The third-order valence-electron chi connectivity index (χ3n) is 5.79. The quantitative estimate of drug-likeness (QED) is 0.437. The van der Waals surface area contributed by atoms with Crippen molar-refractivity contribution in [2.24, 2.45) is 22.6 Å². The first-order valence-electron chi connectivity index (χ1n) is 10.1. The highest BCUT2D eigenvalue weighted by molar-refractivity contribution is 7.80. The third-order valence-corrected chi connectivity index (χ3v) is 5.96. The van der Waals surface area contributed by atoms with Gasteiger partial charge in [-0.2, -0.15) is 4.99 Å². The minimum atomic E-state index is 0.215. The number of ether oxygens (including phenoxy) is 1. The van der Waals surface area contributed by atoms with Gasteiger partial charge in [-0.15, -0.1) is 0 Å². The van der Waals surface area contributed by atoms with E-state index in [-0.39, 0.29) is 5.17 Å². The lowest BCUT2D eigenvalue weighted by molar-refractivity contribution is 0.342. The van der Waals surface area contributed by atoms with Crippen LogP contribution in [0.4, 0.5) is 0 Å². The van der Waals surface area contributed by atoms with E-state index < -0.39 is 0 Å². The SMILES string of the molecule is CCN(C)CCc1cc(C)c(OC(=S)/N=C(\N)C2CCC(C)CC2)cc1C. The number of hydrogen-bond acceptors (Lipinski definition) is 3. The Balaban J connectivity index is 2.00. The van der Waals surface area contributed by atoms with E-state index in [9.17, 15) is 0 Å². The molecule has 0 aromatic heterocycles. The Morgan fingerprint density at radius 1 is 1.22 bits per heavy atom. The molecule has 0 aliphatic heterocycles. The zero-order valence-electron chi connectivity index (χ0n) is 17.5. The van der Waals surface area contributed by atoms with Gasteiger partial charge < -0.3 is 15.4 Å². The van der Waals surface area contributed by atoms with Crippen molar-refractivity contribution >= 4 is 23.2 Å². The topological polar surface area (TPSA) is 50.8 Å². The molecule has 2 N–H and O–H groups in total. The zero-order valence-corrected chi connectivity index (χ0v) is 18.4. The maximum absolute atomic E-state index is 6.20. The smallest absolute Gasteiger partial charge is 0.290 e. The molecule has 1 aliphatic rings. The van der Waals surface area contributed by atoms with Gasteiger partial charge in [-0.1, -0.05) is 32.8 Å². The number of aliphatic imine (C=N–C) groups is 1. The Morgan fingerprint density at radius 3 is 2.52 bits per heavy atom. The van der Waals surface area contributed by atoms with Gasteiger partial charge >= 0.3 is 0 Å². The Hall–Kier alpha value is -1.46. The van der Waals surface area contributed by atoms with E-state index in [1.165, 1.54) is 24.0 Å². The van der Waals surface area contributed by atoms with Gasteiger partial charge in [0.15, 0.2) is 0 Å². The maximum Gasteiger partial charge on any atom is 0.290 e. The van der Waals surface area contributed by atoms with Gasteiger partial charge in [0, 0.05) is 12.5 Å². The number of nitrogens with two attached hydrogens (primary N) is 1. The number of rotatable bonds is 6. The Labute approximate surface area is 170 Å². The lowest BCUT2D eigenvalue weighted by Crippen LogP contribution is -2.29. The van der Waals surface area contributed by atoms with Crippen LogP contribution in [0.15, 0.2) is 17.1 Å². The second-order valence-electron chi connectivity index (χ2n) is 8.05. The molecule has 0 bridgehead atoms. The fourth-order valence-electron chi connectivity index (χ4n) is 3.57. The van der Waals surface area contributed by atoms with Crippen molar-refractivity contribution in [3.63, 3.8) is 0 Å². The fourth-order valence-corrected chi connectivity index (χ4v) is 3.76. The zero-order chi connectivity index (χ0) is 20.0. The molecule has 0 heterocycles. The molecule has 0 saturated heterocycles. The van der Waals surface area contributed by atoms with Crippen molar-refractivity contribution in [3.05, 3.63) is 28.8 Å². The summed E-state index contributed by atoms with van der Waals surface area (Å²) in [5.74, 6) is 2.53. The van der Waals surface area contributed by atoms with Gasteiger partial charge in [-0.05, 0) is 87.6 Å². The fraction of sp³-hybridized carbons (Fsp3) is 0.636. The molecule has 0 spiro atoms. The summed E-state index contributed by atoms with van der Waals surface area (Å²) in [6.07, 6.45) is 5.65. The van der Waals surface area contributed by atoms with E-state index in [0.717, 1.165) is 49.6 Å². The van der Waals surface area contributed by atoms with Gasteiger partial charge in [0.25, 0.3) is 5.17 Å². The molecule has 2 rings (SSSR count). The second-order valence-corrected chi connectivity index (χ2v) is 8.40. The van der Waals surface area contributed by atoms with E-state index in [4.69, 9.17) is 22.7 Å². The van der Waals surface area contributed by atoms with Crippen molar-refractivity contribution in [3.8, 4) is 5.75 Å². The van der Waals surface area contributed by atoms with E-state index in [0.29, 0.717) is 11.8 Å². The number of nitrogens with zero attached hydrogens (tertiary/aromatic N) is 2. The Bertz CT molecular complexity index is 678. The van der Waals surface area contributed by atoms with Crippen LogP contribution in [0.1, 0.15) is 56.2 Å². The average molecular weight is 390 g/mol. The average Bonchev–Trinajstić information content (AvgIpc) is 2.63. The highest BCUT2D eigenvalue weighted by Crippen LogP contribution is 2.28. The Kier molecular flexibility index (Phi) is 8.24. The number of aryl methyl sites for hydroxylation is 2. The number of thiocarbonyl (C=S) groups is 1. The predicted molar refractivity (Wildman–Crippen MR) is 119 cm³/mol. The van der Waals surface area contributed by atoms with Crippen molar-refractivity contribution < 1.29 is 4.74 Å². The summed E-state index contributed by atoms with van der Waals surface area (Å²) in [6, 6.07) is 4.27. The van der Waals surface area contributed by atoms with Crippen molar-refractivity contribution in [1.82, 2.24) is 4.90 Å². The molecule has 1 saturated carbocycles. The normalized spacial score (nSPS) is 20.7. The summed E-state index contributed by atoms with van der Waals surface area (Å²) in [5.41, 5.74) is 9.86. The van der Waals surface area contributed by atoms with Gasteiger partial charge in [0.2, 0.25) is 0 Å². The number of hydrogen-bond donors (Lipinski definition) is 1. The lowest BCUT2D eigenvalue weighted by Gasteiger charge is -2.25. The molecule has 1 fully saturated rings. The van der Waals surface area contributed by atoms with E-state index in [2.05, 4.69) is 56.8 Å². The Morgan fingerprint density at radius 2 is 1.89 bits per heavy atom. The van der Waals surface area contributed by atoms with Crippen molar-refractivity contribution in [2.75, 3.05) is 20.1 Å². The molecular weight excluding hydrogens is 354 g/mol. The van der Waals surface area contributed by atoms with Crippen LogP contribution in [0.2, 0.25) is 0 Å². The van der Waals surface area contributed by atoms with Gasteiger partial charge in [0.1, 0.15) is 11.6 Å². The summed E-state index contributed by atoms with van der Waals surface area (Å²) in [6.45, 7) is 10.8. The third kappa shape index (κ3) is 6.58. The maximum atomic E-state index is 6.20. The number of amidine groups is 1. The summed E-state index contributed by atoms with van der Waals surface area (Å²) < 4.78 is 5.86. The van der Waals surface area contributed by atoms with Gasteiger partial charge in [0.05, 0.1) is 0 Å². The monoisotopic (exact) mass is 389 g/mol. The number of likely N-dealkylation sites (N-methyl/N-ethyl adjacent to an activating group) is 1. The summed E-state index contributed by atoms with van der Waals surface area (Å²) >= 11 is 5.35. The molecule has 5 heteroatoms. The largest absolute Gasteiger partial charge is 0.430 e. The molecule has 1 aromatic carbocycles.